The highest BCUT2D eigenvalue weighted by molar-refractivity contribution is 7.81. The van der Waals surface area contributed by atoms with Crippen LogP contribution in [0.25, 0.3) is 0 Å². The second kappa shape index (κ2) is 11.2. The fourth-order valence-corrected chi connectivity index (χ4v) is 4.54. The van der Waals surface area contributed by atoms with Crippen LogP contribution in [0.5, 0.6) is 11.5 Å². The van der Waals surface area contributed by atoms with Crippen molar-refractivity contribution in [3.63, 3.8) is 0 Å². The first-order valence-electron chi connectivity index (χ1n) is 11.5. The molecule has 1 saturated heterocycles. The molecule has 1 fully saturated rings. The van der Waals surface area contributed by atoms with Crippen molar-refractivity contribution >= 4 is 40.4 Å². The molecule has 1 amide bonds. The minimum Gasteiger partial charge on any atom is -0.493 e. The van der Waals surface area contributed by atoms with Gasteiger partial charge in [0.05, 0.1) is 54.8 Å². The highest BCUT2D eigenvalue weighted by Crippen LogP contribution is 2.34. The fourth-order valence-electron chi connectivity index (χ4n) is 3.97. The molecule has 0 spiro atoms. The Bertz CT molecular complexity index is 1130. The monoisotopic (exact) mass is 516 g/mol. The summed E-state index contributed by atoms with van der Waals surface area (Å²) in [5, 5.41) is 9.84. The molecule has 0 unspecified atom stereocenters. The lowest BCUT2D eigenvalue weighted by Crippen LogP contribution is -2.46. The normalized spacial score (nSPS) is 16.7. The van der Waals surface area contributed by atoms with Crippen molar-refractivity contribution in [3.8, 4) is 11.5 Å². The zero-order valence-electron chi connectivity index (χ0n) is 19.8. The molecule has 0 bridgehead atoms. The molecule has 3 heterocycles. The summed E-state index contributed by atoms with van der Waals surface area (Å²) in [5.74, 6) is 0.938. The van der Waals surface area contributed by atoms with E-state index < -0.39 is 0 Å². The number of para-hydroxylation sites is 1. The van der Waals surface area contributed by atoms with Gasteiger partial charge in [-0.25, -0.2) is 0 Å². The molecule has 0 radical (unpaired) electrons. The van der Waals surface area contributed by atoms with Crippen molar-refractivity contribution < 1.29 is 19.0 Å². The smallest absolute Gasteiger partial charge is 0.256 e. The van der Waals surface area contributed by atoms with Crippen molar-refractivity contribution in [2.75, 3.05) is 38.8 Å². The Morgan fingerprint density at radius 2 is 2.17 bits per heavy atom. The maximum Gasteiger partial charge on any atom is 0.256 e. The number of thiocarbonyl (C=S) groups is 1. The van der Waals surface area contributed by atoms with E-state index in [-0.39, 0.29) is 16.3 Å². The van der Waals surface area contributed by atoms with Crippen LogP contribution < -0.4 is 25.4 Å². The highest BCUT2D eigenvalue weighted by atomic mass is 35.5. The summed E-state index contributed by atoms with van der Waals surface area (Å²) in [7, 11) is 1.53. The lowest BCUT2D eigenvalue weighted by atomic mass is 9.84. The first kappa shape index (κ1) is 25.2. The van der Waals surface area contributed by atoms with Crippen molar-refractivity contribution in [2.45, 2.75) is 26.3 Å². The van der Waals surface area contributed by atoms with Gasteiger partial charge < -0.3 is 30.2 Å². The van der Waals surface area contributed by atoms with E-state index in [2.05, 4.69) is 27.9 Å². The van der Waals surface area contributed by atoms with Crippen LogP contribution in [0.1, 0.15) is 25.3 Å². The number of benzene rings is 1. The molecular formula is C25H29ClN4O4S. The van der Waals surface area contributed by atoms with Gasteiger partial charge in [-0.05, 0) is 24.6 Å². The second-order valence-corrected chi connectivity index (χ2v) is 9.42. The molecule has 35 heavy (non-hydrogen) atoms. The van der Waals surface area contributed by atoms with Gasteiger partial charge in [-0.3, -0.25) is 9.78 Å². The number of methoxy groups -OCH3 is 1. The van der Waals surface area contributed by atoms with E-state index in [1.54, 1.807) is 30.6 Å². The fraction of sp³-hybridized carbons (Fsp3) is 0.400. The summed E-state index contributed by atoms with van der Waals surface area (Å²) < 4.78 is 16.9. The minimum atomic E-state index is -0.238. The largest absolute Gasteiger partial charge is 0.493 e. The highest BCUT2D eigenvalue weighted by Gasteiger charge is 2.37. The van der Waals surface area contributed by atoms with E-state index in [1.165, 1.54) is 7.11 Å². The molecule has 10 heteroatoms. The Labute approximate surface area is 215 Å². The maximum atomic E-state index is 12.8. The summed E-state index contributed by atoms with van der Waals surface area (Å²) in [6.45, 7) is 5.13. The number of hydrogen-bond donors (Lipinski definition) is 3. The third kappa shape index (κ3) is 5.69. The van der Waals surface area contributed by atoms with Gasteiger partial charge in [-0.2, -0.15) is 0 Å². The van der Waals surface area contributed by atoms with E-state index >= 15 is 0 Å². The number of rotatable bonds is 10. The number of carbonyl (C=O) groups is 1. The number of nitrogens with one attached hydrogen (secondary N) is 3. The van der Waals surface area contributed by atoms with Crippen molar-refractivity contribution in [2.24, 2.45) is 5.41 Å². The predicted molar refractivity (Wildman–Crippen MR) is 139 cm³/mol. The number of aromatic nitrogens is 1. The van der Waals surface area contributed by atoms with Crippen molar-refractivity contribution in [3.05, 3.63) is 58.5 Å². The number of carbonyl (C=O) groups excluding carboxylic acids is 1. The topological polar surface area (TPSA) is 93.7 Å². The van der Waals surface area contributed by atoms with Crippen molar-refractivity contribution in [1.29, 1.82) is 0 Å². The molecule has 0 saturated carbocycles. The first-order chi connectivity index (χ1) is 17.0. The Morgan fingerprint density at radius 3 is 2.89 bits per heavy atom. The van der Waals surface area contributed by atoms with Crippen LogP contribution >= 0.6 is 23.8 Å². The summed E-state index contributed by atoms with van der Waals surface area (Å²) in [4.78, 5) is 17.3. The van der Waals surface area contributed by atoms with Gasteiger partial charge in [0.15, 0.2) is 5.75 Å². The molecule has 1 aromatic heterocycles. The van der Waals surface area contributed by atoms with Crippen LogP contribution in [0.15, 0.2) is 47.9 Å². The molecule has 2 aliphatic heterocycles. The van der Waals surface area contributed by atoms with Gasteiger partial charge in [-0.15, -0.1) is 0 Å². The molecular weight excluding hydrogens is 488 g/mol. The molecule has 2 aromatic rings. The molecule has 3 N–H and O–H groups in total. The minimum absolute atomic E-state index is 0.0664. The summed E-state index contributed by atoms with van der Waals surface area (Å²) in [6, 6.07) is 7.22. The number of hydrogen-bond acceptors (Lipinski definition) is 7. The van der Waals surface area contributed by atoms with Gasteiger partial charge in [0.25, 0.3) is 5.91 Å². The zero-order valence-corrected chi connectivity index (χ0v) is 21.4. The van der Waals surface area contributed by atoms with E-state index in [9.17, 15) is 4.79 Å². The number of halogens is 1. The molecule has 8 nitrogen and oxygen atoms in total. The molecule has 0 atom stereocenters. The van der Waals surface area contributed by atoms with Crippen LogP contribution in [0.2, 0.25) is 5.02 Å². The van der Waals surface area contributed by atoms with Gasteiger partial charge >= 0.3 is 0 Å². The van der Waals surface area contributed by atoms with Crippen LogP contribution in [-0.2, 0) is 16.1 Å². The zero-order chi connectivity index (χ0) is 24.8. The number of ether oxygens (including phenoxy) is 3. The Hall–Kier alpha value is -2.88. The number of amides is 1. The summed E-state index contributed by atoms with van der Waals surface area (Å²) in [6.07, 6.45) is 5.06. The van der Waals surface area contributed by atoms with E-state index in [0.717, 1.165) is 17.7 Å². The summed E-state index contributed by atoms with van der Waals surface area (Å²) >= 11 is 11.8. The molecule has 1 aromatic carbocycles. The third-order valence-electron chi connectivity index (χ3n) is 6.30. The number of pyridine rings is 1. The van der Waals surface area contributed by atoms with Crippen LogP contribution in [0.3, 0.4) is 0 Å². The Kier molecular flexibility index (Phi) is 8.10. The van der Waals surface area contributed by atoms with Crippen LogP contribution in [-0.4, -0.2) is 49.4 Å². The van der Waals surface area contributed by atoms with Gasteiger partial charge in [-0.1, -0.05) is 36.8 Å². The molecule has 0 aliphatic carbocycles. The standard InChI is InChI=1S/C25H29ClN4O4S/c1-3-25(13-33-14-25)15-34-20-12-27-9-7-16(20)11-29-18-8-10-28-23(31)21(18)24(35)30-19-6-4-5-17(26)22(19)32-2/h4-7,9,12,29H,3,8,10-11,13-15H2,1-2H3,(H,28,31)(H,30,35). The quantitative estimate of drug-likeness (QED) is 0.410. The van der Waals surface area contributed by atoms with Gasteiger partial charge in [0, 0.05) is 37.0 Å². The summed E-state index contributed by atoms with van der Waals surface area (Å²) in [5.41, 5.74) is 2.75. The lowest BCUT2D eigenvalue weighted by Gasteiger charge is -2.40. The average molecular weight is 517 g/mol. The second-order valence-electron chi connectivity index (χ2n) is 8.61. The van der Waals surface area contributed by atoms with Crippen LogP contribution in [0, 0.1) is 5.41 Å². The van der Waals surface area contributed by atoms with E-state index in [0.29, 0.717) is 67.1 Å². The molecule has 186 valence electrons. The molecule has 2 aliphatic rings. The third-order valence-corrected chi connectivity index (χ3v) is 6.90. The first-order valence-corrected chi connectivity index (χ1v) is 12.3. The maximum absolute atomic E-state index is 12.8. The van der Waals surface area contributed by atoms with Crippen LogP contribution in [0.4, 0.5) is 5.69 Å². The lowest BCUT2D eigenvalue weighted by molar-refractivity contribution is -0.133. The van der Waals surface area contributed by atoms with E-state index in [4.69, 9.17) is 38.0 Å². The number of nitrogens with zero attached hydrogens (tertiary/aromatic N) is 1. The van der Waals surface area contributed by atoms with Gasteiger partial charge in [0.2, 0.25) is 0 Å². The average Bonchev–Trinajstić information content (AvgIpc) is 2.83. The Morgan fingerprint density at radius 1 is 1.34 bits per heavy atom. The van der Waals surface area contributed by atoms with Gasteiger partial charge in [0.1, 0.15) is 10.7 Å². The van der Waals surface area contributed by atoms with Crippen molar-refractivity contribution in [1.82, 2.24) is 15.6 Å². The van der Waals surface area contributed by atoms with E-state index in [1.807, 2.05) is 6.07 Å². The number of anilines is 1. The predicted octanol–water partition coefficient (Wildman–Crippen LogP) is 3.85. The Balaban J connectivity index is 1.50. The SMILES string of the molecule is CCC1(COc2cnccc2CNC2=C(C(=S)Nc3cccc(Cl)c3OC)C(=O)NCC2)COC1. The molecule has 4 rings (SSSR count).